The number of hydrogen-bond acceptors (Lipinski definition) is 4. The molecule has 1 aliphatic rings. The number of ether oxygens (including phenoxy) is 2. The lowest BCUT2D eigenvalue weighted by Crippen LogP contribution is -2.28. The fraction of sp³-hybridized carbons (Fsp3) is 0.154. The van der Waals surface area contributed by atoms with Crippen molar-refractivity contribution in [1.82, 2.24) is 5.32 Å². The summed E-state index contributed by atoms with van der Waals surface area (Å²) in [4.78, 5) is 24.7. The number of fused-ring (bicyclic) bond motifs is 1. The first kappa shape index (κ1) is 22.6. The Hall–Kier alpha value is -3.58. The van der Waals surface area contributed by atoms with Crippen molar-refractivity contribution in [2.45, 2.75) is 13.5 Å². The number of para-hydroxylation sites is 1. The zero-order chi connectivity index (χ0) is 23.2. The normalized spacial score (nSPS) is 13.4. The highest BCUT2D eigenvalue weighted by molar-refractivity contribution is 9.10. The quantitative estimate of drug-likeness (QED) is 0.419. The predicted molar refractivity (Wildman–Crippen MR) is 132 cm³/mol. The van der Waals surface area contributed by atoms with Gasteiger partial charge in [-0.15, -0.1) is 0 Å². The van der Waals surface area contributed by atoms with Gasteiger partial charge in [0.2, 0.25) is 0 Å². The van der Waals surface area contributed by atoms with Gasteiger partial charge >= 0.3 is 0 Å². The summed E-state index contributed by atoms with van der Waals surface area (Å²) in [5, 5.41) is 5.71. The van der Waals surface area contributed by atoms with Crippen molar-refractivity contribution in [1.29, 1.82) is 0 Å². The highest BCUT2D eigenvalue weighted by Gasteiger charge is 2.24. The van der Waals surface area contributed by atoms with Crippen molar-refractivity contribution in [3.05, 3.63) is 87.9 Å². The summed E-state index contributed by atoms with van der Waals surface area (Å²) in [6, 6.07) is 20.9. The number of nitrogens with one attached hydrogen (secondary N) is 2. The van der Waals surface area contributed by atoms with Crippen molar-refractivity contribution in [2.75, 3.05) is 18.5 Å². The van der Waals surface area contributed by atoms with E-state index in [1.54, 1.807) is 6.07 Å². The first-order valence-electron chi connectivity index (χ1n) is 10.6. The molecule has 2 amide bonds. The molecule has 0 fully saturated rings. The van der Waals surface area contributed by atoms with Gasteiger partial charge in [-0.05, 0) is 58.3 Å². The SMILES string of the molecule is CCOc1cc(C=C2C(=O)Nc3ccccc32)cc(Br)c1OCC(=O)NCc1ccccc1. The molecule has 0 bridgehead atoms. The molecule has 0 aliphatic carbocycles. The Morgan fingerprint density at radius 3 is 2.61 bits per heavy atom. The smallest absolute Gasteiger partial charge is 0.258 e. The fourth-order valence-corrected chi connectivity index (χ4v) is 4.08. The third-order valence-corrected chi connectivity index (χ3v) is 5.62. The Balaban J connectivity index is 1.50. The lowest BCUT2D eigenvalue weighted by atomic mass is 10.0. The Labute approximate surface area is 200 Å². The fourth-order valence-electron chi connectivity index (χ4n) is 3.51. The van der Waals surface area contributed by atoms with E-state index in [0.29, 0.717) is 34.7 Å². The summed E-state index contributed by atoms with van der Waals surface area (Å²) < 4.78 is 12.2. The maximum Gasteiger partial charge on any atom is 0.258 e. The van der Waals surface area contributed by atoms with Gasteiger partial charge in [0.05, 0.1) is 11.1 Å². The molecule has 0 aromatic heterocycles. The third kappa shape index (κ3) is 5.43. The first-order chi connectivity index (χ1) is 16.0. The molecule has 0 saturated heterocycles. The largest absolute Gasteiger partial charge is 0.490 e. The van der Waals surface area contributed by atoms with E-state index in [4.69, 9.17) is 9.47 Å². The molecule has 0 radical (unpaired) electrons. The lowest BCUT2D eigenvalue weighted by molar-refractivity contribution is -0.123. The summed E-state index contributed by atoms with van der Waals surface area (Å²) >= 11 is 3.52. The molecule has 6 nitrogen and oxygen atoms in total. The minimum atomic E-state index is -0.237. The number of carbonyl (C=O) groups is 2. The van der Waals surface area contributed by atoms with Crippen molar-refractivity contribution in [3.8, 4) is 11.5 Å². The van der Waals surface area contributed by atoms with Crippen LogP contribution in [0.1, 0.15) is 23.6 Å². The molecule has 0 spiro atoms. The zero-order valence-corrected chi connectivity index (χ0v) is 19.6. The van der Waals surface area contributed by atoms with Gasteiger partial charge in [-0.2, -0.15) is 0 Å². The van der Waals surface area contributed by atoms with Crippen molar-refractivity contribution >= 4 is 45.1 Å². The van der Waals surface area contributed by atoms with Crippen molar-refractivity contribution in [2.24, 2.45) is 0 Å². The molecule has 168 valence electrons. The van der Waals surface area contributed by atoms with Crippen LogP contribution in [0.3, 0.4) is 0 Å². The Bertz CT molecular complexity index is 1210. The van der Waals surface area contributed by atoms with Gasteiger partial charge in [0.25, 0.3) is 11.8 Å². The Morgan fingerprint density at radius 1 is 1.06 bits per heavy atom. The molecular weight excluding hydrogens is 484 g/mol. The number of carbonyl (C=O) groups excluding carboxylic acids is 2. The van der Waals surface area contributed by atoms with Crippen LogP contribution in [-0.4, -0.2) is 25.0 Å². The number of anilines is 1. The van der Waals surface area contributed by atoms with Gasteiger partial charge in [-0.3, -0.25) is 9.59 Å². The van der Waals surface area contributed by atoms with Crippen LogP contribution in [-0.2, 0) is 16.1 Å². The second kappa shape index (κ2) is 10.4. The molecule has 3 aromatic carbocycles. The Morgan fingerprint density at radius 2 is 1.82 bits per heavy atom. The minimum Gasteiger partial charge on any atom is -0.490 e. The number of benzene rings is 3. The van der Waals surface area contributed by atoms with E-state index < -0.39 is 0 Å². The van der Waals surface area contributed by atoms with Gasteiger partial charge in [0, 0.05) is 23.4 Å². The molecule has 1 heterocycles. The van der Waals surface area contributed by atoms with E-state index in [0.717, 1.165) is 22.4 Å². The second-order valence-corrected chi connectivity index (χ2v) is 8.23. The molecule has 0 saturated carbocycles. The monoisotopic (exact) mass is 506 g/mol. The maximum absolute atomic E-state index is 12.4. The molecular formula is C26H23BrN2O4. The average molecular weight is 507 g/mol. The second-order valence-electron chi connectivity index (χ2n) is 7.37. The highest BCUT2D eigenvalue weighted by Crippen LogP contribution is 2.39. The molecule has 2 N–H and O–H groups in total. The van der Waals surface area contributed by atoms with E-state index in [1.165, 1.54) is 0 Å². The van der Waals surface area contributed by atoms with Crippen LogP contribution in [0.4, 0.5) is 5.69 Å². The van der Waals surface area contributed by atoms with Crippen LogP contribution < -0.4 is 20.1 Å². The standard InChI is InChI=1S/C26H23BrN2O4/c1-2-32-23-14-18(12-20-19-10-6-7-11-22(19)29-26(20)31)13-21(27)25(23)33-16-24(30)28-15-17-8-4-3-5-9-17/h3-14H,2,15-16H2,1H3,(H,28,30)(H,29,31). The highest BCUT2D eigenvalue weighted by atomic mass is 79.9. The van der Waals surface area contributed by atoms with E-state index in [-0.39, 0.29) is 18.4 Å². The van der Waals surface area contributed by atoms with Gasteiger partial charge in [0.15, 0.2) is 18.1 Å². The summed E-state index contributed by atoms with van der Waals surface area (Å²) in [5.74, 6) is 0.533. The minimum absolute atomic E-state index is 0.151. The van der Waals surface area contributed by atoms with Gasteiger partial charge < -0.3 is 20.1 Å². The molecule has 0 atom stereocenters. The average Bonchev–Trinajstić information content (AvgIpc) is 3.13. The van der Waals surface area contributed by atoms with E-state index >= 15 is 0 Å². The predicted octanol–water partition coefficient (Wildman–Crippen LogP) is 5.04. The summed E-state index contributed by atoms with van der Waals surface area (Å²) in [5.41, 5.74) is 4.00. The topological polar surface area (TPSA) is 76.7 Å². The molecule has 4 rings (SSSR count). The van der Waals surface area contributed by atoms with Crippen LogP contribution in [0.2, 0.25) is 0 Å². The molecule has 0 unspecified atom stereocenters. The van der Waals surface area contributed by atoms with Crippen LogP contribution >= 0.6 is 15.9 Å². The van der Waals surface area contributed by atoms with E-state index in [9.17, 15) is 9.59 Å². The maximum atomic E-state index is 12.4. The number of hydrogen-bond donors (Lipinski definition) is 2. The van der Waals surface area contributed by atoms with Gasteiger partial charge in [-0.25, -0.2) is 0 Å². The van der Waals surface area contributed by atoms with Gasteiger partial charge in [0.1, 0.15) is 0 Å². The van der Waals surface area contributed by atoms with Crippen LogP contribution in [0, 0.1) is 0 Å². The zero-order valence-electron chi connectivity index (χ0n) is 18.1. The number of halogens is 1. The van der Waals surface area contributed by atoms with Crippen LogP contribution in [0.5, 0.6) is 11.5 Å². The van der Waals surface area contributed by atoms with Crippen LogP contribution in [0.25, 0.3) is 11.6 Å². The number of amides is 2. The number of rotatable bonds is 8. The third-order valence-electron chi connectivity index (χ3n) is 5.03. The first-order valence-corrected chi connectivity index (χ1v) is 11.4. The molecule has 3 aromatic rings. The summed E-state index contributed by atoms with van der Waals surface area (Å²) in [7, 11) is 0. The van der Waals surface area contributed by atoms with E-state index in [1.807, 2.05) is 73.7 Å². The molecule has 1 aliphatic heterocycles. The lowest BCUT2D eigenvalue weighted by Gasteiger charge is -2.15. The van der Waals surface area contributed by atoms with Crippen LogP contribution in [0.15, 0.2) is 71.2 Å². The Kier molecular flexibility index (Phi) is 7.10. The summed E-state index contributed by atoms with van der Waals surface area (Å²) in [6.07, 6.45) is 1.81. The molecule has 7 heteroatoms. The van der Waals surface area contributed by atoms with Crippen molar-refractivity contribution in [3.63, 3.8) is 0 Å². The summed E-state index contributed by atoms with van der Waals surface area (Å²) in [6.45, 7) is 2.57. The van der Waals surface area contributed by atoms with Crippen molar-refractivity contribution < 1.29 is 19.1 Å². The molecule has 33 heavy (non-hydrogen) atoms. The van der Waals surface area contributed by atoms with E-state index in [2.05, 4.69) is 26.6 Å². The van der Waals surface area contributed by atoms with Gasteiger partial charge in [-0.1, -0.05) is 48.5 Å².